The van der Waals surface area contributed by atoms with Crippen LogP contribution >= 0.6 is 0 Å². The van der Waals surface area contributed by atoms with Crippen molar-refractivity contribution in [3.63, 3.8) is 0 Å². The SMILES string of the molecule is COc1cc(/C=C2/Cc3cc(O)c(O)c([N+](=O)[O-])c3C2=O)cc([N+](=O)[O-])c1O. The zero-order valence-corrected chi connectivity index (χ0v) is 14.2. The molecule has 3 N–H and O–H groups in total. The lowest BCUT2D eigenvalue weighted by Crippen LogP contribution is -2.02. The predicted octanol–water partition coefficient (Wildman–Crippen LogP) is 2.45. The van der Waals surface area contributed by atoms with Crippen LogP contribution in [0, 0.1) is 20.2 Å². The zero-order valence-electron chi connectivity index (χ0n) is 14.2. The summed E-state index contributed by atoms with van der Waals surface area (Å²) in [5.41, 5.74) is -1.57. The van der Waals surface area contributed by atoms with E-state index in [0.717, 1.165) is 12.1 Å². The quantitative estimate of drug-likeness (QED) is 0.307. The molecular formula is C17H12N2O9. The minimum atomic E-state index is -1.01. The van der Waals surface area contributed by atoms with Crippen molar-refractivity contribution in [3.8, 4) is 23.0 Å². The van der Waals surface area contributed by atoms with Crippen molar-refractivity contribution < 1.29 is 34.7 Å². The van der Waals surface area contributed by atoms with Crippen LogP contribution in [0.15, 0.2) is 23.8 Å². The number of aromatic hydroxyl groups is 3. The smallest absolute Gasteiger partial charge is 0.326 e. The summed E-state index contributed by atoms with van der Waals surface area (Å²) in [4.78, 5) is 33.2. The second kappa shape index (κ2) is 6.54. The number of phenolic OH excluding ortho intramolecular Hbond substituents is 3. The number of carbonyl (C=O) groups is 1. The lowest BCUT2D eigenvalue weighted by molar-refractivity contribution is -0.386. The first-order chi connectivity index (χ1) is 13.1. The highest BCUT2D eigenvalue weighted by molar-refractivity contribution is 6.18. The Hall–Kier alpha value is -4.15. The third-order valence-corrected chi connectivity index (χ3v) is 4.25. The number of nitrogens with zero attached hydrogens (tertiary/aromatic N) is 2. The van der Waals surface area contributed by atoms with Gasteiger partial charge in [0.2, 0.25) is 11.5 Å². The van der Waals surface area contributed by atoms with Gasteiger partial charge in [0.1, 0.15) is 5.56 Å². The van der Waals surface area contributed by atoms with Crippen molar-refractivity contribution in [1.29, 1.82) is 0 Å². The Morgan fingerprint density at radius 1 is 1.07 bits per heavy atom. The molecule has 1 aliphatic carbocycles. The van der Waals surface area contributed by atoms with E-state index in [1.165, 1.54) is 19.3 Å². The Labute approximate surface area is 156 Å². The van der Waals surface area contributed by atoms with E-state index >= 15 is 0 Å². The molecule has 0 spiro atoms. The molecule has 0 bridgehead atoms. The number of nitro benzene ring substituents is 2. The van der Waals surface area contributed by atoms with Gasteiger partial charge in [0.25, 0.3) is 0 Å². The molecule has 2 aromatic carbocycles. The fourth-order valence-corrected chi connectivity index (χ4v) is 3.02. The topological polar surface area (TPSA) is 173 Å². The molecule has 1 aliphatic rings. The molecule has 0 saturated heterocycles. The van der Waals surface area contributed by atoms with Gasteiger partial charge in [-0.05, 0) is 29.3 Å². The van der Waals surface area contributed by atoms with Gasteiger partial charge in [-0.25, -0.2) is 0 Å². The molecule has 144 valence electrons. The van der Waals surface area contributed by atoms with Crippen molar-refractivity contribution >= 4 is 23.2 Å². The third-order valence-electron chi connectivity index (χ3n) is 4.25. The summed E-state index contributed by atoms with van der Waals surface area (Å²) in [5, 5.41) is 51.5. The number of fused-ring (bicyclic) bond motifs is 1. The Bertz CT molecular complexity index is 1090. The highest BCUT2D eigenvalue weighted by Gasteiger charge is 2.37. The number of phenols is 3. The van der Waals surface area contributed by atoms with Gasteiger partial charge in [-0.1, -0.05) is 0 Å². The fraction of sp³-hybridized carbons (Fsp3) is 0.118. The number of ether oxygens (including phenoxy) is 1. The minimum absolute atomic E-state index is 0.0464. The second-order valence-electron chi connectivity index (χ2n) is 5.91. The van der Waals surface area contributed by atoms with Gasteiger partial charge >= 0.3 is 11.4 Å². The van der Waals surface area contributed by atoms with Crippen LogP contribution < -0.4 is 4.74 Å². The predicted molar refractivity (Wildman–Crippen MR) is 93.8 cm³/mol. The lowest BCUT2D eigenvalue weighted by Gasteiger charge is -2.06. The maximum Gasteiger partial charge on any atom is 0.326 e. The van der Waals surface area contributed by atoms with Gasteiger partial charge in [-0.2, -0.15) is 0 Å². The van der Waals surface area contributed by atoms with Gasteiger partial charge in [0, 0.05) is 18.1 Å². The van der Waals surface area contributed by atoms with Gasteiger partial charge in [0.05, 0.1) is 17.0 Å². The average Bonchev–Trinajstić information content (AvgIpc) is 2.92. The monoisotopic (exact) mass is 388 g/mol. The highest BCUT2D eigenvalue weighted by atomic mass is 16.6. The second-order valence-corrected chi connectivity index (χ2v) is 5.91. The minimum Gasteiger partial charge on any atom is -0.504 e. The van der Waals surface area contributed by atoms with Crippen LogP contribution in [0.2, 0.25) is 0 Å². The van der Waals surface area contributed by atoms with Crippen molar-refractivity contribution in [1.82, 2.24) is 0 Å². The third kappa shape index (κ3) is 2.84. The van der Waals surface area contributed by atoms with Crippen LogP contribution in [0.1, 0.15) is 21.5 Å². The molecule has 0 unspecified atom stereocenters. The Morgan fingerprint density at radius 3 is 2.32 bits per heavy atom. The number of methoxy groups -OCH3 is 1. The van der Waals surface area contributed by atoms with Crippen LogP contribution in [0.4, 0.5) is 11.4 Å². The number of benzene rings is 2. The average molecular weight is 388 g/mol. The van der Waals surface area contributed by atoms with E-state index in [0.29, 0.717) is 0 Å². The summed E-state index contributed by atoms with van der Waals surface area (Å²) < 4.78 is 4.89. The molecule has 0 aromatic heterocycles. The van der Waals surface area contributed by atoms with E-state index in [-0.39, 0.29) is 34.4 Å². The molecule has 0 heterocycles. The summed E-state index contributed by atoms with van der Waals surface area (Å²) in [5.74, 6) is -3.38. The number of nitro groups is 2. The molecule has 28 heavy (non-hydrogen) atoms. The number of hydrogen-bond donors (Lipinski definition) is 3. The molecule has 0 atom stereocenters. The highest BCUT2D eigenvalue weighted by Crippen LogP contribution is 2.45. The van der Waals surface area contributed by atoms with Crippen molar-refractivity contribution in [3.05, 3.63) is 60.7 Å². The molecule has 11 nitrogen and oxygen atoms in total. The Morgan fingerprint density at radius 2 is 1.75 bits per heavy atom. The maximum atomic E-state index is 12.7. The summed E-state index contributed by atoms with van der Waals surface area (Å²) in [6.45, 7) is 0. The first-order valence-corrected chi connectivity index (χ1v) is 7.68. The number of carbonyl (C=O) groups excluding carboxylic acids is 1. The first-order valence-electron chi connectivity index (χ1n) is 7.68. The molecule has 0 amide bonds. The molecule has 2 aromatic rings. The van der Waals surface area contributed by atoms with Gasteiger partial charge in [0.15, 0.2) is 17.3 Å². The normalized spacial score (nSPS) is 14.2. The Kier molecular flexibility index (Phi) is 4.35. The van der Waals surface area contributed by atoms with E-state index < -0.39 is 44.3 Å². The van der Waals surface area contributed by atoms with Gasteiger partial charge in [-0.15, -0.1) is 0 Å². The van der Waals surface area contributed by atoms with E-state index in [9.17, 15) is 40.3 Å². The van der Waals surface area contributed by atoms with Crippen molar-refractivity contribution in [2.45, 2.75) is 6.42 Å². The van der Waals surface area contributed by atoms with E-state index in [1.807, 2.05) is 0 Å². The summed E-state index contributed by atoms with van der Waals surface area (Å²) >= 11 is 0. The summed E-state index contributed by atoms with van der Waals surface area (Å²) in [6, 6.07) is 3.33. The number of hydrogen-bond acceptors (Lipinski definition) is 9. The van der Waals surface area contributed by atoms with Crippen LogP contribution in [0.5, 0.6) is 23.0 Å². The zero-order chi connectivity index (χ0) is 20.7. The molecular weight excluding hydrogens is 376 g/mol. The lowest BCUT2D eigenvalue weighted by atomic mass is 10.1. The molecule has 0 radical (unpaired) electrons. The molecule has 0 aliphatic heterocycles. The van der Waals surface area contributed by atoms with Crippen LogP contribution in [0.3, 0.4) is 0 Å². The van der Waals surface area contributed by atoms with Crippen molar-refractivity contribution in [2.24, 2.45) is 0 Å². The van der Waals surface area contributed by atoms with Crippen LogP contribution in [0.25, 0.3) is 6.08 Å². The molecule has 11 heteroatoms. The number of Topliss-reactive ketones (excluding diaryl/α,β-unsaturated/α-hetero) is 1. The van der Waals surface area contributed by atoms with E-state index in [2.05, 4.69) is 0 Å². The standard InChI is InChI=1S/C17H12N2O9/c1-28-12-4-7(3-10(16(12)22)18(24)25)2-9-5-8-6-11(20)17(23)14(19(26)27)13(8)15(9)21/h2-4,6,20,22-23H,5H2,1H3/b9-2-. The molecule has 3 rings (SSSR count). The van der Waals surface area contributed by atoms with Gasteiger partial charge < -0.3 is 20.1 Å². The summed E-state index contributed by atoms with van der Waals surface area (Å²) in [7, 11) is 1.20. The Balaban J connectivity index is 2.14. The van der Waals surface area contributed by atoms with Crippen molar-refractivity contribution in [2.75, 3.05) is 7.11 Å². The van der Waals surface area contributed by atoms with Crippen LogP contribution in [-0.2, 0) is 6.42 Å². The number of allylic oxidation sites excluding steroid dienone is 1. The molecule has 0 fully saturated rings. The number of rotatable bonds is 4. The van der Waals surface area contributed by atoms with Crippen LogP contribution in [-0.4, -0.2) is 38.1 Å². The van der Waals surface area contributed by atoms with Gasteiger partial charge in [-0.3, -0.25) is 25.0 Å². The fourth-order valence-electron chi connectivity index (χ4n) is 3.02. The molecule has 0 saturated carbocycles. The van der Waals surface area contributed by atoms with E-state index in [1.54, 1.807) is 0 Å². The number of ketones is 1. The van der Waals surface area contributed by atoms with E-state index in [4.69, 9.17) is 4.74 Å². The largest absolute Gasteiger partial charge is 0.504 e. The summed E-state index contributed by atoms with van der Waals surface area (Å²) in [6.07, 6.45) is 1.16. The maximum absolute atomic E-state index is 12.7. The first kappa shape index (κ1) is 18.6.